The Bertz CT molecular complexity index is 2110. The van der Waals surface area contributed by atoms with Crippen molar-refractivity contribution in [1.82, 2.24) is 36.0 Å². The molecule has 0 saturated carbocycles. The van der Waals surface area contributed by atoms with Crippen LogP contribution in [0.2, 0.25) is 0 Å². The third-order valence-corrected chi connectivity index (χ3v) is 12.1. The maximum Gasteiger partial charge on any atom is 0.243 e. The van der Waals surface area contributed by atoms with Crippen molar-refractivity contribution < 1.29 is 29.4 Å². The van der Waals surface area contributed by atoms with Crippen LogP contribution in [0, 0.1) is 18.3 Å². The van der Waals surface area contributed by atoms with E-state index in [1.165, 1.54) is 4.90 Å². The molecule has 4 amide bonds. The zero-order valence-corrected chi connectivity index (χ0v) is 34.9. The number of aliphatic hydroxyl groups is 1. The third-order valence-electron chi connectivity index (χ3n) is 11.1. The van der Waals surface area contributed by atoms with Crippen LogP contribution in [0.1, 0.15) is 70.6 Å². The smallest absolute Gasteiger partial charge is 0.243 e. The van der Waals surface area contributed by atoms with Crippen LogP contribution in [0.15, 0.2) is 60.1 Å². The molecule has 2 aromatic heterocycles. The second kappa shape index (κ2) is 19.0. The monoisotopic (exact) mass is 825 g/mol. The number of phenols is 1. The molecule has 7 N–H and O–H groups in total. The molecular weight excluding hydrogens is 771 g/mol. The van der Waals surface area contributed by atoms with Gasteiger partial charge in [0.1, 0.15) is 11.8 Å². The summed E-state index contributed by atoms with van der Waals surface area (Å²) in [5.74, 6) is -1.30. The van der Waals surface area contributed by atoms with Crippen molar-refractivity contribution in [2.24, 2.45) is 11.3 Å². The van der Waals surface area contributed by atoms with Crippen molar-refractivity contribution in [2.45, 2.75) is 91.0 Å². The van der Waals surface area contributed by atoms with Gasteiger partial charge in [0.15, 0.2) is 5.82 Å². The molecular formula is C43H55N9O6S. The summed E-state index contributed by atoms with van der Waals surface area (Å²) in [6, 6.07) is 15.8. The van der Waals surface area contributed by atoms with E-state index in [4.69, 9.17) is 5.73 Å². The maximum absolute atomic E-state index is 14.0. The minimum Gasteiger partial charge on any atom is -0.507 e. The van der Waals surface area contributed by atoms with Crippen LogP contribution in [-0.2, 0) is 25.7 Å². The molecule has 6 rings (SSSR count). The average Bonchev–Trinajstić information content (AvgIpc) is 3.82. The van der Waals surface area contributed by atoms with Crippen molar-refractivity contribution in [3.63, 3.8) is 0 Å². The van der Waals surface area contributed by atoms with E-state index in [0.29, 0.717) is 49.4 Å². The first kappa shape index (κ1) is 43.0. The highest BCUT2D eigenvalue weighted by Crippen LogP contribution is 2.33. The molecule has 2 saturated heterocycles. The zero-order valence-electron chi connectivity index (χ0n) is 34.1. The SMILES string of the molecule is Cc1ncsc1-c1ccc(CNC(=O)[C@@H]2C[C@@H](O)CN2C(=O)[C@@H](CNC(=O)CCCC(=O)NC2CCN(c3cc(-c4ccccc4O)nnc3N)CC2)C(C)(C)C)cc1. The van der Waals surface area contributed by atoms with Crippen LogP contribution < -0.4 is 26.6 Å². The van der Waals surface area contributed by atoms with E-state index < -0.39 is 23.5 Å². The third kappa shape index (κ3) is 10.9. The van der Waals surface area contributed by atoms with Gasteiger partial charge < -0.3 is 41.7 Å². The summed E-state index contributed by atoms with van der Waals surface area (Å²) in [4.78, 5) is 62.2. The Morgan fingerprint density at radius 2 is 1.69 bits per heavy atom. The summed E-state index contributed by atoms with van der Waals surface area (Å²) in [5.41, 5.74) is 12.2. The number of anilines is 2. The van der Waals surface area contributed by atoms with Crippen molar-refractivity contribution in [3.05, 3.63) is 71.4 Å². The number of phenolic OH excluding ortho intramolecular Hbond substituents is 1. The molecule has 2 aromatic carbocycles. The molecule has 2 aliphatic rings. The fourth-order valence-corrected chi connectivity index (χ4v) is 8.49. The summed E-state index contributed by atoms with van der Waals surface area (Å²) in [7, 11) is 0. The first-order valence-electron chi connectivity index (χ1n) is 20.2. The number of β-amino-alcohol motifs (C(OH)–C–C–N with tert-alkyl or cyclic N) is 1. The molecule has 4 aromatic rings. The number of nitrogens with zero attached hydrogens (tertiary/aromatic N) is 5. The van der Waals surface area contributed by atoms with Gasteiger partial charge in [0.2, 0.25) is 23.6 Å². The number of aryl methyl sites for hydroxylation is 1. The highest BCUT2D eigenvalue weighted by molar-refractivity contribution is 7.13. The number of amides is 4. The van der Waals surface area contributed by atoms with Gasteiger partial charge in [0, 0.05) is 63.6 Å². The number of nitrogens with two attached hydrogens (primary N) is 1. The number of rotatable bonds is 14. The second-order valence-corrected chi connectivity index (χ2v) is 17.4. The molecule has 0 radical (unpaired) electrons. The van der Waals surface area contributed by atoms with Gasteiger partial charge in [-0.1, -0.05) is 57.2 Å². The molecule has 3 atom stereocenters. The fraction of sp³-hybridized carbons (Fsp3) is 0.465. The number of aromatic hydroxyl groups is 1. The van der Waals surface area contributed by atoms with E-state index in [0.717, 1.165) is 27.4 Å². The van der Waals surface area contributed by atoms with Crippen LogP contribution in [0.4, 0.5) is 11.5 Å². The minimum absolute atomic E-state index is 0.0276. The van der Waals surface area contributed by atoms with Gasteiger partial charge in [-0.2, -0.15) is 0 Å². The Kier molecular flexibility index (Phi) is 13.8. The van der Waals surface area contributed by atoms with E-state index in [1.807, 2.05) is 69.6 Å². The second-order valence-electron chi connectivity index (χ2n) is 16.5. The predicted octanol–water partition coefficient (Wildman–Crippen LogP) is 4.18. The standard InChI is InChI=1S/C43H55N9O6S/c1-26-39(59-25-47-26)28-14-12-27(13-15-28)22-46-41(57)35-20-30(53)24-52(35)42(58)32(43(2,3)4)23-45-37(55)10-7-11-38(56)48-29-16-18-51(19-17-29)34-21-33(49-50-40(34)44)31-8-5-6-9-36(31)54/h5-6,8-9,12-15,21,25,29-30,32,35,53-54H,7,10-11,16-20,22-24H2,1-4H3,(H2,44,50)(H,45,55)(H,46,57)(H,48,56)/t30-,32-,35+/m1/s1. The quantitative estimate of drug-likeness (QED) is 0.106. The number of aromatic nitrogens is 3. The summed E-state index contributed by atoms with van der Waals surface area (Å²) in [6.45, 7) is 9.34. The molecule has 0 spiro atoms. The highest BCUT2D eigenvalue weighted by atomic mass is 32.1. The molecule has 2 aliphatic heterocycles. The number of carbonyl (C=O) groups is 4. The van der Waals surface area contributed by atoms with E-state index in [9.17, 15) is 29.4 Å². The number of para-hydroxylation sites is 1. The van der Waals surface area contributed by atoms with Gasteiger partial charge in [-0.25, -0.2) is 4.98 Å². The number of benzene rings is 2. The van der Waals surface area contributed by atoms with Gasteiger partial charge in [-0.05, 0) is 60.9 Å². The van der Waals surface area contributed by atoms with Crippen molar-refractivity contribution in [2.75, 3.05) is 36.8 Å². The Labute approximate surface area is 348 Å². The van der Waals surface area contributed by atoms with Crippen LogP contribution in [0.5, 0.6) is 5.75 Å². The van der Waals surface area contributed by atoms with E-state index in [2.05, 4.69) is 36.0 Å². The number of hydrogen-bond donors (Lipinski definition) is 6. The lowest BCUT2D eigenvalue weighted by Crippen LogP contribution is -2.52. The Morgan fingerprint density at radius 1 is 0.983 bits per heavy atom. The van der Waals surface area contributed by atoms with Gasteiger partial charge in [0.05, 0.1) is 39.5 Å². The van der Waals surface area contributed by atoms with Crippen molar-refractivity contribution in [1.29, 1.82) is 0 Å². The van der Waals surface area contributed by atoms with Crippen molar-refractivity contribution >= 4 is 46.5 Å². The Hall–Kier alpha value is -5.61. The number of piperidine rings is 1. The molecule has 0 bridgehead atoms. The number of aliphatic hydroxyl groups excluding tert-OH is 1. The van der Waals surface area contributed by atoms with Gasteiger partial charge in [0.25, 0.3) is 0 Å². The van der Waals surface area contributed by atoms with Gasteiger partial charge >= 0.3 is 0 Å². The summed E-state index contributed by atoms with van der Waals surface area (Å²) < 4.78 is 0. The molecule has 4 heterocycles. The fourth-order valence-electron chi connectivity index (χ4n) is 7.67. The number of likely N-dealkylation sites (tertiary alicyclic amines) is 1. The minimum atomic E-state index is -0.840. The van der Waals surface area contributed by atoms with Crippen LogP contribution in [0.25, 0.3) is 21.7 Å². The molecule has 15 nitrogen and oxygen atoms in total. The highest BCUT2D eigenvalue weighted by Gasteiger charge is 2.44. The summed E-state index contributed by atoms with van der Waals surface area (Å²) >= 11 is 1.57. The number of hydrogen-bond acceptors (Lipinski definition) is 12. The van der Waals surface area contributed by atoms with Crippen LogP contribution >= 0.6 is 11.3 Å². The van der Waals surface area contributed by atoms with E-state index >= 15 is 0 Å². The predicted molar refractivity (Wildman–Crippen MR) is 227 cm³/mol. The van der Waals surface area contributed by atoms with Crippen molar-refractivity contribution in [3.8, 4) is 27.4 Å². The number of thiazole rings is 1. The Morgan fingerprint density at radius 3 is 2.37 bits per heavy atom. The number of carbonyl (C=O) groups excluding carboxylic acids is 4. The molecule has 2 fully saturated rings. The molecule has 0 unspecified atom stereocenters. The maximum atomic E-state index is 14.0. The zero-order chi connectivity index (χ0) is 42.3. The lowest BCUT2D eigenvalue weighted by Gasteiger charge is -2.35. The Balaban J connectivity index is 0.932. The molecule has 59 heavy (non-hydrogen) atoms. The van der Waals surface area contributed by atoms with Crippen LogP contribution in [-0.4, -0.2) is 98.3 Å². The van der Waals surface area contributed by atoms with E-state index in [-0.39, 0.29) is 74.3 Å². The van der Waals surface area contributed by atoms with Crippen LogP contribution in [0.3, 0.4) is 0 Å². The van der Waals surface area contributed by atoms with Gasteiger partial charge in [-0.3, -0.25) is 19.2 Å². The largest absolute Gasteiger partial charge is 0.507 e. The first-order chi connectivity index (χ1) is 28.2. The van der Waals surface area contributed by atoms with Gasteiger partial charge in [-0.15, -0.1) is 21.5 Å². The lowest BCUT2D eigenvalue weighted by atomic mass is 9.79. The normalized spacial score (nSPS) is 17.7. The molecule has 0 aliphatic carbocycles. The first-order valence-corrected chi connectivity index (χ1v) is 21.0. The van der Waals surface area contributed by atoms with E-state index in [1.54, 1.807) is 29.5 Å². The topological polar surface area (TPSA) is 216 Å². The summed E-state index contributed by atoms with van der Waals surface area (Å²) in [6.07, 6.45) is 1.31. The summed E-state index contributed by atoms with van der Waals surface area (Å²) in [5, 5.41) is 38.0. The molecule has 16 heteroatoms. The lowest BCUT2D eigenvalue weighted by molar-refractivity contribution is -0.144. The number of nitrogens with one attached hydrogen (secondary N) is 3. The number of nitrogen functional groups attached to an aromatic ring is 1. The average molecular weight is 826 g/mol. The molecule has 314 valence electrons.